The minimum absolute atomic E-state index is 0.00843. The number of halogens is 2. The fraction of sp³-hybridized carbons (Fsp3) is 0.345. The zero-order valence-corrected chi connectivity index (χ0v) is 42.9. The van der Waals surface area contributed by atoms with Gasteiger partial charge in [-0.1, -0.05) is 167 Å². The third kappa shape index (κ3) is 10.4. The molecule has 9 rings (SSSR count). The maximum atomic E-state index is 5.65. The van der Waals surface area contributed by atoms with Crippen molar-refractivity contribution < 1.29 is 15.1 Å². The summed E-state index contributed by atoms with van der Waals surface area (Å²) in [5.41, 5.74) is 28.6. The molecule has 0 amide bonds. The first-order chi connectivity index (χ1) is 29.7. The first kappa shape index (κ1) is 47.3. The monoisotopic (exact) mass is 986 g/mol. The molecule has 1 saturated carbocycles. The molecule has 3 aliphatic rings. The average Bonchev–Trinajstić information content (AvgIpc) is 3.77. The van der Waals surface area contributed by atoms with Gasteiger partial charge in [0, 0.05) is 17.5 Å². The molecule has 0 saturated heterocycles. The first-order valence-corrected chi connectivity index (χ1v) is 29.4. The predicted octanol–water partition coefficient (Wildman–Crippen LogP) is 11.4. The molecule has 2 nitrogen and oxygen atoms in total. The molecule has 4 N–H and O–H groups in total. The van der Waals surface area contributed by atoms with E-state index in [1.54, 1.807) is 32.9 Å². The Morgan fingerprint density at radius 3 is 1.00 bits per heavy atom. The molecular weight excluding hydrogens is 923 g/mol. The molecule has 0 aliphatic heterocycles. The van der Waals surface area contributed by atoms with Gasteiger partial charge in [0.15, 0.2) is 0 Å². The van der Waals surface area contributed by atoms with E-state index >= 15 is 0 Å². The molecule has 3 aliphatic carbocycles. The van der Waals surface area contributed by atoms with Crippen LogP contribution in [0.3, 0.4) is 0 Å². The summed E-state index contributed by atoms with van der Waals surface area (Å²) < 4.78 is 0. The Morgan fingerprint density at radius 2 is 0.742 bits per heavy atom. The predicted molar refractivity (Wildman–Crippen MR) is 272 cm³/mol. The molecule has 62 heavy (non-hydrogen) atoms. The van der Waals surface area contributed by atoms with Crippen LogP contribution in [0, 0.1) is 55.4 Å². The van der Waals surface area contributed by atoms with Gasteiger partial charge in [-0.2, -0.15) is 0 Å². The SMILES string of the molecule is Cc1cc(C)cc(P(c2cc(C)cc(C)c2)c2cccc3c2C2(CC3)CCc3cccc(P(c4cc(C)cc(C)c4)c4cc(C)cc(C)c4)c32)c1.N[C@@H]1CCCC[C@H]1N.[Cl][Ru][Cl]. The van der Waals surface area contributed by atoms with E-state index in [-0.39, 0.29) is 32.6 Å². The Kier molecular flexibility index (Phi) is 15.7. The Morgan fingerprint density at radius 1 is 0.468 bits per heavy atom. The third-order valence-corrected chi connectivity index (χ3v) is 17.9. The van der Waals surface area contributed by atoms with Crippen molar-refractivity contribution in [2.45, 2.75) is 124 Å². The summed E-state index contributed by atoms with van der Waals surface area (Å²) in [7, 11) is 8.17. The van der Waals surface area contributed by atoms with Crippen molar-refractivity contribution in [2.75, 3.05) is 0 Å². The first-order valence-electron chi connectivity index (χ1n) is 22.3. The number of fused-ring (bicyclic) bond motifs is 4. The quantitative estimate of drug-likeness (QED) is 0.129. The van der Waals surface area contributed by atoms with Gasteiger partial charge in [0.2, 0.25) is 0 Å². The van der Waals surface area contributed by atoms with E-state index in [1.165, 1.54) is 91.4 Å². The van der Waals surface area contributed by atoms with Crippen LogP contribution in [0.5, 0.6) is 0 Å². The van der Waals surface area contributed by atoms with E-state index in [2.05, 4.69) is 165 Å². The van der Waals surface area contributed by atoms with Gasteiger partial charge in [-0.25, -0.2) is 0 Å². The normalized spacial score (nSPS) is 17.4. The zero-order chi connectivity index (χ0) is 44.3. The second kappa shape index (κ2) is 20.6. The van der Waals surface area contributed by atoms with Crippen molar-refractivity contribution in [1.29, 1.82) is 0 Å². The molecule has 0 heterocycles. The van der Waals surface area contributed by atoms with E-state index in [1.807, 2.05) is 0 Å². The van der Waals surface area contributed by atoms with Crippen LogP contribution in [0.15, 0.2) is 109 Å². The third-order valence-electron chi connectivity index (χ3n) is 13.1. The summed E-state index contributed by atoms with van der Waals surface area (Å²) in [6.07, 6.45) is 9.46. The van der Waals surface area contributed by atoms with Gasteiger partial charge in [-0.05, 0) is 164 Å². The van der Waals surface area contributed by atoms with Crippen molar-refractivity contribution in [3.8, 4) is 0 Å². The molecule has 6 aromatic carbocycles. The molecule has 1 fully saturated rings. The molecule has 1 spiro atoms. The van der Waals surface area contributed by atoms with Gasteiger partial charge >= 0.3 is 34.5 Å². The van der Waals surface area contributed by atoms with Gasteiger partial charge in [0.1, 0.15) is 0 Å². The van der Waals surface area contributed by atoms with Gasteiger partial charge < -0.3 is 11.5 Å². The summed E-state index contributed by atoms with van der Waals surface area (Å²) in [6, 6.07) is 44.4. The van der Waals surface area contributed by atoms with Crippen LogP contribution in [0.2, 0.25) is 0 Å². The molecule has 0 aromatic heterocycles. The molecule has 0 unspecified atom stereocenters. The van der Waals surface area contributed by atoms with Crippen LogP contribution in [0.25, 0.3) is 0 Å². The van der Waals surface area contributed by atoms with Crippen molar-refractivity contribution in [3.05, 3.63) is 176 Å². The molecular formula is C55H64Cl2N2P2Ru. The fourth-order valence-electron chi connectivity index (χ4n) is 10.9. The van der Waals surface area contributed by atoms with Crippen LogP contribution >= 0.6 is 35.2 Å². The van der Waals surface area contributed by atoms with E-state index in [0.717, 1.165) is 25.7 Å². The van der Waals surface area contributed by atoms with Crippen molar-refractivity contribution in [3.63, 3.8) is 0 Å². The van der Waals surface area contributed by atoms with Crippen molar-refractivity contribution in [2.24, 2.45) is 11.5 Å². The average molecular weight is 987 g/mol. The number of nitrogens with two attached hydrogens (primary N) is 2. The minimum atomic E-state index is -0.770. The van der Waals surface area contributed by atoms with Crippen LogP contribution in [-0.2, 0) is 33.4 Å². The van der Waals surface area contributed by atoms with E-state index < -0.39 is 15.8 Å². The summed E-state index contributed by atoms with van der Waals surface area (Å²) in [4.78, 5) is 0. The Labute approximate surface area is 391 Å². The molecule has 326 valence electrons. The van der Waals surface area contributed by atoms with E-state index in [4.69, 9.17) is 30.8 Å². The van der Waals surface area contributed by atoms with Gasteiger partial charge in [0.25, 0.3) is 0 Å². The summed E-state index contributed by atoms with van der Waals surface area (Å²) >= 11 is -0.346. The Bertz CT molecular complexity index is 2190. The molecule has 0 bridgehead atoms. The summed E-state index contributed by atoms with van der Waals surface area (Å²) in [5, 5.41) is 9.04. The van der Waals surface area contributed by atoms with Crippen molar-refractivity contribution in [1.82, 2.24) is 0 Å². The topological polar surface area (TPSA) is 52.0 Å². The van der Waals surface area contributed by atoms with Crippen LogP contribution in [-0.4, -0.2) is 12.1 Å². The second-order valence-electron chi connectivity index (χ2n) is 18.4. The number of benzene rings is 6. The molecule has 7 heteroatoms. The zero-order valence-electron chi connectivity index (χ0n) is 37.9. The number of aryl methyl sites for hydroxylation is 10. The van der Waals surface area contributed by atoms with Crippen LogP contribution in [0.1, 0.15) is 105 Å². The van der Waals surface area contributed by atoms with Crippen molar-refractivity contribution >= 4 is 67.1 Å². The fourth-order valence-corrected chi connectivity index (χ4v) is 16.9. The molecule has 6 aromatic rings. The van der Waals surface area contributed by atoms with Gasteiger partial charge in [0.05, 0.1) is 0 Å². The van der Waals surface area contributed by atoms with E-state index in [9.17, 15) is 0 Å². The van der Waals surface area contributed by atoms with Gasteiger partial charge in [-0.3, -0.25) is 0 Å². The molecule has 2 atom stereocenters. The number of hydrogen-bond acceptors (Lipinski definition) is 2. The second-order valence-corrected chi connectivity index (χ2v) is 25.4. The summed E-state index contributed by atoms with van der Waals surface area (Å²) in [5.74, 6) is 0. The Hall–Kier alpha value is -2.70. The maximum absolute atomic E-state index is 5.65. The Balaban J connectivity index is 0.000000464. The molecule has 0 radical (unpaired) electrons. The van der Waals surface area contributed by atoms with E-state index in [0.29, 0.717) is 0 Å². The van der Waals surface area contributed by atoms with Crippen LogP contribution in [0.4, 0.5) is 0 Å². The number of hydrogen-bond donors (Lipinski definition) is 2. The summed E-state index contributed by atoms with van der Waals surface area (Å²) in [6.45, 7) is 18.1. The van der Waals surface area contributed by atoms with Crippen LogP contribution < -0.4 is 43.3 Å². The number of rotatable bonds is 6. The van der Waals surface area contributed by atoms with Gasteiger partial charge in [-0.15, -0.1) is 0 Å². The standard InChI is InChI=1S/C49H50P2.C6H14N2.2ClH.Ru/c1-31-19-32(2)24-41(23-31)50(42-25-33(3)20-34(4)26-42)45-13-9-11-39-15-17-49(47(39)45)18-16-40-12-10-14-46(48(40)49)51(43-27-35(5)21-36(6)28-43)44-29-37(7)22-38(8)30-44;7-5-3-1-2-4-6(5)8;;;/h9-14,19-30H,15-18H2,1-8H3;5-6H,1-4,7-8H2;2*1H;/q;;;;+2/p-2/t;5-,6-;;;/m.1.../s1.